The number of nitrogens with two attached hydrogens (primary N) is 1. The molecule has 5 N–H and O–H groups in total. The standard InChI is InChI=1S/C22H27N5O4S2/c23-33(29,30)24-14-8-7-13-19(27-22(28)31-15-17-9-3-1-4-10-17)20-16-32-21(26-20)25-18-11-5-2-6-12-18/h1-6,9-12,16,19,24H,7-8,13-15H2,(H,25,26)(H,27,28)(H2,23,29,30)/t19-/m0/s1. The van der Waals surface area contributed by atoms with Crippen molar-refractivity contribution >= 4 is 38.5 Å². The fraction of sp³-hybridized carbons (Fsp3) is 0.273. The number of anilines is 2. The number of alkyl carbamates (subject to hydrolysis) is 1. The van der Waals surface area contributed by atoms with E-state index in [2.05, 4.69) is 20.3 Å². The zero-order valence-electron chi connectivity index (χ0n) is 17.9. The Morgan fingerprint density at radius 2 is 1.76 bits per heavy atom. The van der Waals surface area contributed by atoms with Crippen LogP contribution in [-0.2, 0) is 21.6 Å². The van der Waals surface area contributed by atoms with Crippen LogP contribution in [0.4, 0.5) is 15.6 Å². The predicted molar refractivity (Wildman–Crippen MR) is 129 cm³/mol. The van der Waals surface area contributed by atoms with Crippen LogP contribution in [0.3, 0.4) is 0 Å². The summed E-state index contributed by atoms with van der Waals surface area (Å²) in [7, 11) is -3.71. The van der Waals surface area contributed by atoms with Crippen molar-refractivity contribution in [2.24, 2.45) is 5.14 Å². The number of carbonyl (C=O) groups excluding carboxylic acids is 1. The summed E-state index contributed by atoms with van der Waals surface area (Å²) in [5.41, 5.74) is 2.51. The van der Waals surface area contributed by atoms with Gasteiger partial charge in [-0.3, -0.25) is 0 Å². The van der Waals surface area contributed by atoms with Crippen molar-refractivity contribution in [3.63, 3.8) is 0 Å². The van der Waals surface area contributed by atoms with Crippen LogP contribution in [0.2, 0.25) is 0 Å². The van der Waals surface area contributed by atoms with Crippen LogP contribution in [0.15, 0.2) is 66.0 Å². The Hall–Kier alpha value is -2.99. The molecule has 11 heteroatoms. The number of ether oxygens (including phenoxy) is 1. The lowest BCUT2D eigenvalue weighted by Crippen LogP contribution is -2.32. The van der Waals surface area contributed by atoms with E-state index in [1.807, 2.05) is 66.0 Å². The summed E-state index contributed by atoms with van der Waals surface area (Å²) >= 11 is 1.43. The molecule has 3 aromatic rings. The van der Waals surface area contributed by atoms with Crippen molar-refractivity contribution < 1.29 is 17.9 Å². The van der Waals surface area contributed by atoms with E-state index in [1.165, 1.54) is 11.3 Å². The fourth-order valence-corrected chi connectivity index (χ4v) is 4.25. The van der Waals surface area contributed by atoms with Gasteiger partial charge in [-0.15, -0.1) is 11.3 Å². The average molecular weight is 490 g/mol. The third-order valence-electron chi connectivity index (χ3n) is 4.63. The molecule has 1 amide bonds. The van der Waals surface area contributed by atoms with E-state index in [0.29, 0.717) is 30.1 Å². The van der Waals surface area contributed by atoms with Gasteiger partial charge in [0.2, 0.25) is 0 Å². The lowest BCUT2D eigenvalue weighted by Gasteiger charge is -2.17. The number of carbonyl (C=O) groups is 1. The van der Waals surface area contributed by atoms with Gasteiger partial charge in [-0.05, 0) is 37.0 Å². The molecule has 0 fully saturated rings. The molecular weight excluding hydrogens is 462 g/mol. The highest BCUT2D eigenvalue weighted by Gasteiger charge is 2.19. The summed E-state index contributed by atoms with van der Waals surface area (Å²) in [5.74, 6) is 0. The summed E-state index contributed by atoms with van der Waals surface area (Å²) in [6.45, 7) is 0.386. The lowest BCUT2D eigenvalue weighted by molar-refractivity contribution is 0.134. The first-order valence-electron chi connectivity index (χ1n) is 10.4. The maximum Gasteiger partial charge on any atom is 0.408 e. The number of hydrogen-bond acceptors (Lipinski definition) is 7. The van der Waals surface area contributed by atoms with Crippen molar-refractivity contribution in [3.8, 4) is 0 Å². The molecular formula is C22H27N5O4S2. The molecule has 0 bridgehead atoms. The van der Waals surface area contributed by atoms with E-state index < -0.39 is 16.3 Å². The fourth-order valence-electron chi connectivity index (χ4n) is 3.04. The topological polar surface area (TPSA) is 135 Å². The number of amides is 1. The number of rotatable bonds is 12. The Balaban J connectivity index is 1.60. The summed E-state index contributed by atoms with van der Waals surface area (Å²) in [6, 6.07) is 18.7. The second-order valence-electron chi connectivity index (χ2n) is 7.26. The van der Waals surface area contributed by atoms with E-state index in [4.69, 9.17) is 9.88 Å². The molecule has 176 valence electrons. The predicted octanol–water partition coefficient (Wildman–Crippen LogP) is 3.82. The van der Waals surface area contributed by atoms with Gasteiger partial charge in [-0.25, -0.2) is 19.6 Å². The highest BCUT2D eigenvalue weighted by atomic mass is 32.2. The molecule has 0 radical (unpaired) electrons. The minimum Gasteiger partial charge on any atom is -0.445 e. The van der Waals surface area contributed by atoms with Gasteiger partial charge in [0.15, 0.2) is 5.13 Å². The third kappa shape index (κ3) is 9.18. The second-order valence-corrected chi connectivity index (χ2v) is 9.50. The Labute approximate surface area is 197 Å². The van der Waals surface area contributed by atoms with Crippen LogP contribution in [0, 0.1) is 0 Å². The summed E-state index contributed by atoms with van der Waals surface area (Å²) in [4.78, 5) is 17.1. The van der Waals surface area contributed by atoms with E-state index in [1.54, 1.807) is 0 Å². The van der Waals surface area contributed by atoms with Crippen molar-refractivity contribution in [1.82, 2.24) is 15.0 Å². The quantitative estimate of drug-likeness (QED) is 0.286. The molecule has 0 spiro atoms. The average Bonchev–Trinajstić information content (AvgIpc) is 3.25. The number of benzene rings is 2. The van der Waals surface area contributed by atoms with E-state index >= 15 is 0 Å². The number of thiazole rings is 1. The maximum absolute atomic E-state index is 12.4. The Morgan fingerprint density at radius 1 is 1.06 bits per heavy atom. The summed E-state index contributed by atoms with van der Waals surface area (Å²) < 4.78 is 29.6. The first kappa shape index (κ1) is 24.6. The summed E-state index contributed by atoms with van der Waals surface area (Å²) in [6.07, 6.45) is 1.22. The molecule has 1 atom stereocenters. The van der Waals surface area contributed by atoms with Gasteiger partial charge in [0.25, 0.3) is 10.2 Å². The molecule has 0 saturated heterocycles. The van der Waals surface area contributed by atoms with Crippen LogP contribution in [0.5, 0.6) is 0 Å². The van der Waals surface area contributed by atoms with Gasteiger partial charge in [0, 0.05) is 17.6 Å². The number of nitrogens with one attached hydrogen (secondary N) is 3. The van der Waals surface area contributed by atoms with Crippen molar-refractivity contribution in [2.75, 3.05) is 11.9 Å². The van der Waals surface area contributed by atoms with E-state index in [9.17, 15) is 13.2 Å². The number of hydrogen-bond donors (Lipinski definition) is 4. The Morgan fingerprint density at radius 3 is 2.45 bits per heavy atom. The van der Waals surface area contributed by atoms with Gasteiger partial charge >= 0.3 is 6.09 Å². The summed E-state index contributed by atoms with van der Waals surface area (Å²) in [5, 5.41) is 13.7. The molecule has 3 rings (SSSR count). The van der Waals surface area contributed by atoms with Crippen molar-refractivity contribution in [1.29, 1.82) is 0 Å². The molecule has 2 aromatic carbocycles. The number of para-hydroxylation sites is 1. The molecule has 33 heavy (non-hydrogen) atoms. The highest BCUT2D eigenvalue weighted by Crippen LogP contribution is 2.26. The molecule has 0 aliphatic rings. The Bertz CT molecular complexity index is 1110. The maximum atomic E-state index is 12.4. The van der Waals surface area contributed by atoms with Crippen LogP contribution in [-0.4, -0.2) is 26.0 Å². The zero-order valence-corrected chi connectivity index (χ0v) is 19.6. The molecule has 0 unspecified atom stereocenters. The zero-order chi connectivity index (χ0) is 23.5. The number of unbranched alkanes of at least 4 members (excludes halogenated alkanes) is 1. The lowest BCUT2D eigenvalue weighted by atomic mass is 10.1. The smallest absolute Gasteiger partial charge is 0.408 e. The second kappa shape index (κ2) is 12.3. The Kier molecular flexibility index (Phi) is 9.19. The van der Waals surface area contributed by atoms with Gasteiger partial charge in [-0.1, -0.05) is 48.5 Å². The van der Waals surface area contributed by atoms with E-state index in [0.717, 1.165) is 11.3 Å². The minimum absolute atomic E-state index is 0.162. The molecule has 0 saturated carbocycles. The molecule has 1 heterocycles. The van der Waals surface area contributed by atoms with E-state index in [-0.39, 0.29) is 19.2 Å². The van der Waals surface area contributed by atoms with Crippen molar-refractivity contribution in [3.05, 3.63) is 77.3 Å². The van der Waals surface area contributed by atoms with Gasteiger partial charge in [0.1, 0.15) is 6.61 Å². The number of aromatic nitrogens is 1. The highest BCUT2D eigenvalue weighted by molar-refractivity contribution is 7.87. The van der Waals surface area contributed by atoms with Gasteiger partial charge in [-0.2, -0.15) is 8.42 Å². The minimum atomic E-state index is -3.71. The monoisotopic (exact) mass is 489 g/mol. The van der Waals surface area contributed by atoms with Crippen LogP contribution >= 0.6 is 11.3 Å². The normalized spacial score (nSPS) is 12.2. The third-order valence-corrected chi connectivity index (χ3v) is 6.01. The number of nitrogens with zero attached hydrogens (tertiary/aromatic N) is 1. The van der Waals surface area contributed by atoms with Gasteiger partial charge in [0.05, 0.1) is 11.7 Å². The van der Waals surface area contributed by atoms with Crippen LogP contribution < -0.4 is 20.5 Å². The largest absolute Gasteiger partial charge is 0.445 e. The first-order valence-corrected chi connectivity index (χ1v) is 12.8. The first-order chi connectivity index (χ1) is 15.9. The van der Waals surface area contributed by atoms with Crippen LogP contribution in [0.1, 0.15) is 36.6 Å². The molecule has 0 aliphatic carbocycles. The molecule has 1 aromatic heterocycles. The molecule has 9 nitrogen and oxygen atoms in total. The van der Waals surface area contributed by atoms with Gasteiger partial charge < -0.3 is 15.4 Å². The molecule has 0 aliphatic heterocycles. The SMILES string of the molecule is NS(=O)(=O)NCCCC[C@H](NC(=O)OCc1ccccc1)c1csc(Nc2ccccc2)n1. The van der Waals surface area contributed by atoms with Crippen molar-refractivity contribution in [2.45, 2.75) is 31.9 Å². The van der Waals surface area contributed by atoms with Crippen LogP contribution in [0.25, 0.3) is 0 Å².